The second kappa shape index (κ2) is 6.50. The first-order valence-corrected chi connectivity index (χ1v) is 8.01. The molecule has 92 valence electrons. The van der Waals surface area contributed by atoms with Crippen LogP contribution in [0.1, 0.15) is 37.6 Å². The molecule has 3 heteroatoms. The number of hydrogen-bond donors (Lipinski definition) is 0. The van der Waals surface area contributed by atoms with Gasteiger partial charge in [0.25, 0.3) is 0 Å². The highest BCUT2D eigenvalue weighted by Gasteiger charge is 2.05. The highest BCUT2D eigenvalue weighted by molar-refractivity contribution is 9.09. The number of aromatic nitrogens is 1. The van der Waals surface area contributed by atoms with Crippen molar-refractivity contribution in [2.24, 2.45) is 0 Å². The minimum Gasteiger partial charge on any atom is -0.241 e. The van der Waals surface area contributed by atoms with Gasteiger partial charge in [-0.2, -0.15) is 0 Å². The number of nitrogens with zero attached hydrogens (tertiary/aromatic N) is 1. The summed E-state index contributed by atoms with van der Waals surface area (Å²) < 4.78 is 1.31. The summed E-state index contributed by atoms with van der Waals surface area (Å²) in [6, 6.07) is 8.39. The highest BCUT2D eigenvalue weighted by Crippen LogP contribution is 2.23. The molecule has 17 heavy (non-hydrogen) atoms. The monoisotopic (exact) mass is 311 g/mol. The Morgan fingerprint density at radius 1 is 1.29 bits per heavy atom. The predicted molar refractivity (Wildman–Crippen MR) is 80.2 cm³/mol. The molecule has 0 spiro atoms. The molecule has 0 saturated heterocycles. The van der Waals surface area contributed by atoms with E-state index in [1.807, 2.05) is 11.3 Å². The third kappa shape index (κ3) is 3.78. The lowest BCUT2D eigenvalue weighted by molar-refractivity contribution is 0.654. The zero-order valence-electron chi connectivity index (χ0n) is 10.2. The molecule has 1 aromatic carbocycles. The maximum Gasteiger partial charge on any atom is 0.0938 e. The minimum atomic E-state index is 0.682. The van der Waals surface area contributed by atoms with Crippen LogP contribution in [0.25, 0.3) is 10.2 Å². The van der Waals surface area contributed by atoms with Gasteiger partial charge in [-0.05, 0) is 37.8 Å². The maximum atomic E-state index is 4.66. The average Bonchev–Trinajstić information content (AvgIpc) is 2.71. The summed E-state index contributed by atoms with van der Waals surface area (Å²) in [5, 5.41) is 1.28. The van der Waals surface area contributed by atoms with E-state index in [1.54, 1.807) is 0 Å². The van der Waals surface area contributed by atoms with E-state index < -0.39 is 0 Å². The zero-order chi connectivity index (χ0) is 12.1. The van der Waals surface area contributed by atoms with Crippen molar-refractivity contribution in [2.45, 2.75) is 43.9 Å². The van der Waals surface area contributed by atoms with Crippen LogP contribution in [-0.4, -0.2) is 9.81 Å². The fraction of sp³-hybridized carbons (Fsp3) is 0.500. The molecule has 0 saturated carbocycles. The number of halogens is 1. The maximum absolute atomic E-state index is 4.66. The summed E-state index contributed by atoms with van der Waals surface area (Å²) in [7, 11) is 0. The molecule has 1 nitrogen and oxygen atoms in total. The fourth-order valence-corrected chi connectivity index (χ4v) is 3.75. The topological polar surface area (TPSA) is 12.9 Å². The van der Waals surface area contributed by atoms with Crippen molar-refractivity contribution in [3.8, 4) is 0 Å². The number of aryl methyl sites for hydroxylation is 1. The Morgan fingerprint density at radius 2 is 2.12 bits per heavy atom. The predicted octanol–water partition coefficient (Wildman–Crippen LogP) is 5.18. The minimum absolute atomic E-state index is 0.682. The first kappa shape index (κ1) is 13.0. The molecule has 0 amide bonds. The number of hydrogen-bond acceptors (Lipinski definition) is 2. The van der Waals surface area contributed by atoms with Crippen LogP contribution in [0, 0.1) is 0 Å². The van der Waals surface area contributed by atoms with Gasteiger partial charge < -0.3 is 0 Å². The van der Waals surface area contributed by atoms with Crippen molar-refractivity contribution < 1.29 is 0 Å². The average molecular weight is 312 g/mol. The van der Waals surface area contributed by atoms with Gasteiger partial charge in [0.1, 0.15) is 0 Å². The Hall–Kier alpha value is -0.410. The summed E-state index contributed by atoms with van der Waals surface area (Å²) in [4.78, 5) is 5.34. The van der Waals surface area contributed by atoms with E-state index in [0.717, 1.165) is 11.9 Å². The molecule has 1 heterocycles. The standard InChI is InChI=1S/C14H18BrNS/c1-2-6-11(15)7-5-10-14-16-12-8-3-4-9-13(12)17-14/h3-4,8-9,11H,2,5-7,10H2,1H3. The van der Waals surface area contributed by atoms with Gasteiger partial charge in [-0.3, -0.25) is 0 Å². The van der Waals surface area contributed by atoms with Gasteiger partial charge in [-0.15, -0.1) is 11.3 Å². The summed E-state index contributed by atoms with van der Waals surface area (Å²) >= 11 is 5.57. The molecule has 1 atom stereocenters. The van der Waals surface area contributed by atoms with Crippen LogP contribution in [-0.2, 0) is 6.42 Å². The lowest BCUT2D eigenvalue weighted by Crippen LogP contribution is -1.97. The molecule has 0 bridgehead atoms. The number of fused-ring (bicyclic) bond motifs is 1. The van der Waals surface area contributed by atoms with Crippen LogP contribution >= 0.6 is 27.3 Å². The second-order valence-corrected chi connectivity index (χ2v) is 6.76. The number of alkyl halides is 1. The number of rotatable bonds is 6. The van der Waals surface area contributed by atoms with Gasteiger partial charge in [0.2, 0.25) is 0 Å². The first-order chi connectivity index (χ1) is 8.29. The Bertz CT molecular complexity index is 433. The molecule has 2 rings (SSSR count). The van der Waals surface area contributed by atoms with Crippen LogP contribution < -0.4 is 0 Å². The van der Waals surface area contributed by atoms with Crippen LogP contribution in [0.15, 0.2) is 24.3 Å². The van der Waals surface area contributed by atoms with Crippen LogP contribution in [0.2, 0.25) is 0 Å². The molecule has 0 N–H and O–H groups in total. The van der Waals surface area contributed by atoms with Crippen molar-refractivity contribution in [1.82, 2.24) is 4.98 Å². The molecular weight excluding hydrogens is 294 g/mol. The SMILES string of the molecule is CCCC(Br)CCCc1nc2ccccc2s1. The zero-order valence-corrected chi connectivity index (χ0v) is 12.6. The Balaban J connectivity index is 1.86. The summed E-state index contributed by atoms with van der Waals surface area (Å²) in [5.41, 5.74) is 1.15. The molecule has 2 aromatic rings. The summed E-state index contributed by atoms with van der Waals surface area (Å²) in [6.45, 7) is 2.24. The quantitative estimate of drug-likeness (QED) is 0.670. The van der Waals surface area contributed by atoms with Gasteiger partial charge >= 0.3 is 0 Å². The van der Waals surface area contributed by atoms with E-state index in [1.165, 1.54) is 35.4 Å². The van der Waals surface area contributed by atoms with E-state index in [4.69, 9.17) is 0 Å². The molecule has 0 aliphatic carbocycles. The Morgan fingerprint density at radius 3 is 2.88 bits per heavy atom. The van der Waals surface area contributed by atoms with Crippen LogP contribution in [0.5, 0.6) is 0 Å². The van der Waals surface area contributed by atoms with Crippen molar-refractivity contribution in [3.63, 3.8) is 0 Å². The third-order valence-electron chi connectivity index (χ3n) is 2.85. The Labute approximate surface area is 115 Å². The van der Waals surface area contributed by atoms with Gasteiger partial charge in [0.15, 0.2) is 0 Å². The largest absolute Gasteiger partial charge is 0.241 e. The lowest BCUT2D eigenvalue weighted by atomic mass is 10.1. The van der Waals surface area contributed by atoms with Gasteiger partial charge in [-0.1, -0.05) is 41.4 Å². The van der Waals surface area contributed by atoms with Gasteiger partial charge in [0, 0.05) is 4.83 Å². The fourth-order valence-electron chi connectivity index (χ4n) is 1.96. The van der Waals surface area contributed by atoms with Crippen molar-refractivity contribution in [3.05, 3.63) is 29.3 Å². The Kier molecular flexibility index (Phi) is 4.99. The summed E-state index contributed by atoms with van der Waals surface area (Å²) in [6.07, 6.45) is 6.14. The molecule has 1 aromatic heterocycles. The van der Waals surface area contributed by atoms with Crippen molar-refractivity contribution in [2.75, 3.05) is 0 Å². The van der Waals surface area contributed by atoms with E-state index >= 15 is 0 Å². The lowest BCUT2D eigenvalue weighted by Gasteiger charge is -2.06. The second-order valence-electron chi connectivity index (χ2n) is 4.35. The van der Waals surface area contributed by atoms with Crippen LogP contribution in [0.3, 0.4) is 0 Å². The number of benzene rings is 1. The molecule has 0 aliphatic rings. The van der Waals surface area contributed by atoms with Gasteiger partial charge in [-0.25, -0.2) is 4.98 Å². The van der Waals surface area contributed by atoms with Gasteiger partial charge in [0.05, 0.1) is 15.2 Å². The molecular formula is C14H18BrNS. The van der Waals surface area contributed by atoms with Crippen molar-refractivity contribution in [1.29, 1.82) is 0 Å². The normalized spacial score (nSPS) is 13.1. The van der Waals surface area contributed by atoms with E-state index in [2.05, 4.69) is 52.1 Å². The van der Waals surface area contributed by atoms with Crippen LogP contribution in [0.4, 0.5) is 0 Å². The molecule has 1 unspecified atom stereocenters. The molecule has 0 fully saturated rings. The van der Waals surface area contributed by atoms with Crippen molar-refractivity contribution >= 4 is 37.5 Å². The van der Waals surface area contributed by atoms with E-state index in [0.29, 0.717) is 4.83 Å². The number of para-hydroxylation sites is 1. The third-order valence-corrected chi connectivity index (χ3v) is 4.86. The van der Waals surface area contributed by atoms with E-state index in [-0.39, 0.29) is 0 Å². The van der Waals surface area contributed by atoms with E-state index in [9.17, 15) is 0 Å². The first-order valence-electron chi connectivity index (χ1n) is 6.28. The smallest absolute Gasteiger partial charge is 0.0938 e. The number of thiazole rings is 1. The molecule has 0 radical (unpaired) electrons. The molecule has 0 aliphatic heterocycles. The highest BCUT2D eigenvalue weighted by atomic mass is 79.9. The summed E-state index contributed by atoms with van der Waals surface area (Å²) in [5.74, 6) is 0.